The normalized spacial score (nSPS) is 22.6. The number of carbonyl (C=O) groups excluding carboxylic acids is 1. The second kappa shape index (κ2) is 7.54. The fourth-order valence-electron chi connectivity index (χ4n) is 3.70. The zero-order valence-electron chi connectivity index (χ0n) is 15.1. The Hall–Kier alpha value is -1.64. The minimum Gasteiger partial charge on any atom is -0.417 e. The second-order valence-corrected chi connectivity index (χ2v) is 7.44. The van der Waals surface area contributed by atoms with Gasteiger partial charge in [0, 0.05) is 19.0 Å². The number of halogens is 3. The quantitative estimate of drug-likeness (QED) is 0.814. The molecule has 6 nitrogen and oxygen atoms in total. The molecule has 2 aliphatic heterocycles. The van der Waals surface area contributed by atoms with Crippen LogP contribution in [0.15, 0.2) is 4.42 Å². The van der Waals surface area contributed by atoms with Crippen molar-refractivity contribution in [1.82, 2.24) is 20.0 Å². The molecule has 0 saturated carbocycles. The third kappa shape index (κ3) is 4.19. The van der Waals surface area contributed by atoms with E-state index in [1.165, 1.54) is 0 Å². The highest BCUT2D eigenvalue weighted by atomic mass is 19.4. The number of alkyl halides is 3. The van der Waals surface area contributed by atoms with Crippen molar-refractivity contribution in [3.8, 4) is 0 Å². The Morgan fingerprint density at radius 2 is 1.73 bits per heavy atom. The molecule has 2 saturated heterocycles. The third-order valence-electron chi connectivity index (χ3n) is 5.56. The Bertz CT molecular complexity index is 618. The average Bonchev–Trinajstić information content (AvgIpc) is 3.12. The minimum atomic E-state index is -4.61. The van der Waals surface area contributed by atoms with Crippen molar-refractivity contribution in [1.29, 1.82) is 0 Å². The summed E-state index contributed by atoms with van der Waals surface area (Å²) in [5.41, 5.74) is 0. The number of carbonyl (C=O) groups is 1. The number of rotatable bonds is 3. The van der Waals surface area contributed by atoms with Gasteiger partial charge in [-0.25, -0.2) is 0 Å². The van der Waals surface area contributed by atoms with E-state index < -0.39 is 12.1 Å². The Kier molecular flexibility index (Phi) is 5.55. The number of likely N-dealkylation sites (tertiary alicyclic amines) is 2. The maximum Gasteiger partial charge on any atom is 0.470 e. The monoisotopic (exact) mass is 374 g/mol. The number of aromatic nitrogens is 2. The highest BCUT2D eigenvalue weighted by Crippen LogP contribution is 2.33. The van der Waals surface area contributed by atoms with Crippen LogP contribution in [0, 0.1) is 5.92 Å². The molecule has 0 aromatic carbocycles. The average molecular weight is 374 g/mol. The van der Waals surface area contributed by atoms with Gasteiger partial charge in [0.05, 0.1) is 6.04 Å². The maximum absolute atomic E-state index is 12.7. The van der Waals surface area contributed by atoms with Gasteiger partial charge in [0.15, 0.2) is 0 Å². The predicted molar refractivity (Wildman–Crippen MR) is 87.3 cm³/mol. The van der Waals surface area contributed by atoms with E-state index in [1.807, 2.05) is 11.8 Å². The molecule has 3 rings (SSSR count). The largest absolute Gasteiger partial charge is 0.470 e. The molecule has 1 unspecified atom stereocenters. The van der Waals surface area contributed by atoms with E-state index in [2.05, 4.69) is 22.0 Å². The van der Waals surface area contributed by atoms with Crippen molar-refractivity contribution in [3.05, 3.63) is 11.8 Å². The Morgan fingerprint density at radius 1 is 1.12 bits per heavy atom. The van der Waals surface area contributed by atoms with Crippen molar-refractivity contribution in [2.24, 2.45) is 5.92 Å². The van der Waals surface area contributed by atoms with Gasteiger partial charge in [-0.3, -0.25) is 9.69 Å². The second-order valence-electron chi connectivity index (χ2n) is 7.44. The smallest absolute Gasteiger partial charge is 0.417 e. The predicted octanol–water partition coefficient (Wildman–Crippen LogP) is 2.91. The highest BCUT2D eigenvalue weighted by molar-refractivity contribution is 5.81. The molecule has 0 N–H and O–H groups in total. The molecule has 26 heavy (non-hydrogen) atoms. The first kappa shape index (κ1) is 19.1. The lowest BCUT2D eigenvalue weighted by Crippen LogP contribution is -2.51. The Labute approximate surface area is 150 Å². The van der Waals surface area contributed by atoms with Crippen LogP contribution in [-0.2, 0) is 11.0 Å². The molecule has 0 aliphatic carbocycles. The van der Waals surface area contributed by atoms with Crippen molar-refractivity contribution >= 4 is 5.91 Å². The van der Waals surface area contributed by atoms with Gasteiger partial charge in [0.1, 0.15) is 0 Å². The standard InChI is InChI=1S/C17H25F3N4O2/c1-11-3-7-24(8-4-11)15(25)12(2)23-9-5-13(6-10-23)14-21-22-16(26-14)17(18,19)20/h11-13H,3-10H2,1-2H3. The first-order chi connectivity index (χ1) is 12.3. The summed E-state index contributed by atoms with van der Waals surface area (Å²) in [4.78, 5) is 16.7. The summed E-state index contributed by atoms with van der Waals surface area (Å²) in [6.07, 6.45) is -1.32. The first-order valence-corrected chi connectivity index (χ1v) is 9.19. The summed E-state index contributed by atoms with van der Waals surface area (Å²) in [5, 5.41) is 6.66. The molecule has 2 fully saturated rings. The van der Waals surface area contributed by atoms with Crippen LogP contribution in [0.25, 0.3) is 0 Å². The summed E-state index contributed by atoms with van der Waals surface area (Å²) < 4.78 is 42.5. The van der Waals surface area contributed by atoms with E-state index in [1.54, 1.807) is 0 Å². The van der Waals surface area contributed by atoms with Gasteiger partial charge in [0.25, 0.3) is 0 Å². The number of hydrogen-bond donors (Lipinski definition) is 0. The molecule has 1 atom stereocenters. The Morgan fingerprint density at radius 3 is 2.27 bits per heavy atom. The first-order valence-electron chi connectivity index (χ1n) is 9.19. The van der Waals surface area contributed by atoms with E-state index in [9.17, 15) is 18.0 Å². The SMILES string of the molecule is CC1CCN(C(=O)C(C)N2CCC(c3nnc(C(F)(F)F)o3)CC2)CC1. The molecule has 146 valence electrons. The number of hydrogen-bond acceptors (Lipinski definition) is 5. The Balaban J connectivity index is 1.53. The molecule has 1 amide bonds. The molecule has 2 aliphatic rings. The van der Waals surface area contributed by atoms with Crippen molar-refractivity contribution in [2.45, 2.75) is 57.7 Å². The van der Waals surface area contributed by atoms with Gasteiger partial charge >= 0.3 is 12.1 Å². The van der Waals surface area contributed by atoms with Crippen LogP contribution in [0.2, 0.25) is 0 Å². The molecular formula is C17H25F3N4O2. The van der Waals surface area contributed by atoms with Crippen molar-refractivity contribution < 1.29 is 22.4 Å². The van der Waals surface area contributed by atoms with Crippen LogP contribution in [0.1, 0.15) is 57.2 Å². The zero-order valence-corrected chi connectivity index (χ0v) is 15.1. The van der Waals surface area contributed by atoms with Gasteiger partial charge < -0.3 is 9.32 Å². The molecule has 0 spiro atoms. The van der Waals surface area contributed by atoms with E-state index in [0.717, 1.165) is 25.9 Å². The summed E-state index contributed by atoms with van der Waals surface area (Å²) in [6, 6.07) is -0.210. The van der Waals surface area contributed by atoms with Crippen molar-refractivity contribution in [2.75, 3.05) is 26.2 Å². The van der Waals surface area contributed by atoms with Gasteiger partial charge in [-0.2, -0.15) is 13.2 Å². The summed E-state index contributed by atoms with van der Waals surface area (Å²) in [5.74, 6) is -0.625. The fraction of sp³-hybridized carbons (Fsp3) is 0.824. The summed E-state index contributed by atoms with van der Waals surface area (Å²) in [7, 11) is 0. The molecule has 0 bridgehead atoms. The molecule has 9 heteroatoms. The van der Waals surface area contributed by atoms with E-state index >= 15 is 0 Å². The van der Waals surface area contributed by atoms with Crippen LogP contribution in [-0.4, -0.2) is 58.1 Å². The third-order valence-corrected chi connectivity index (χ3v) is 5.56. The van der Waals surface area contributed by atoms with Crippen LogP contribution >= 0.6 is 0 Å². The molecule has 1 aromatic rings. The lowest BCUT2D eigenvalue weighted by atomic mass is 9.95. The number of amides is 1. The van der Waals surface area contributed by atoms with Gasteiger partial charge in [-0.15, -0.1) is 10.2 Å². The molecule has 0 radical (unpaired) electrons. The van der Waals surface area contributed by atoms with Crippen LogP contribution < -0.4 is 0 Å². The van der Waals surface area contributed by atoms with Crippen LogP contribution in [0.4, 0.5) is 13.2 Å². The van der Waals surface area contributed by atoms with Gasteiger partial charge in [-0.1, -0.05) is 6.92 Å². The van der Waals surface area contributed by atoms with E-state index in [4.69, 9.17) is 4.42 Å². The molecule has 1 aromatic heterocycles. The van der Waals surface area contributed by atoms with Crippen LogP contribution in [0.3, 0.4) is 0 Å². The fourth-order valence-corrected chi connectivity index (χ4v) is 3.70. The topological polar surface area (TPSA) is 62.5 Å². The molecule has 3 heterocycles. The molecular weight excluding hydrogens is 349 g/mol. The lowest BCUT2D eigenvalue weighted by molar-refractivity contribution is -0.157. The highest BCUT2D eigenvalue weighted by Gasteiger charge is 2.39. The summed E-state index contributed by atoms with van der Waals surface area (Å²) in [6.45, 7) is 7.00. The van der Waals surface area contributed by atoms with Gasteiger partial charge in [0.2, 0.25) is 11.8 Å². The number of nitrogens with zero attached hydrogens (tertiary/aromatic N) is 4. The van der Waals surface area contributed by atoms with Crippen LogP contribution in [0.5, 0.6) is 0 Å². The lowest BCUT2D eigenvalue weighted by Gasteiger charge is -2.38. The number of piperidine rings is 2. The van der Waals surface area contributed by atoms with E-state index in [-0.39, 0.29) is 23.8 Å². The van der Waals surface area contributed by atoms with E-state index in [0.29, 0.717) is 31.8 Å². The minimum absolute atomic E-state index is 0.0426. The van der Waals surface area contributed by atoms with Gasteiger partial charge in [-0.05, 0) is 51.6 Å². The summed E-state index contributed by atoms with van der Waals surface area (Å²) >= 11 is 0. The van der Waals surface area contributed by atoms with Crippen molar-refractivity contribution in [3.63, 3.8) is 0 Å². The maximum atomic E-state index is 12.7. The zero-order chi connectivity index (χ0) is 18.9.